The summed E-state index contributed by atoms with van der Waals surface area (Å²) in [4.78, 5) is 4.03. The zero-order valence-electron chi connectivity index (χ0n) is 11.2. The molecule has 0 aliphatic carbocycles. The van der Waals surface area contributed by atoms with Gasteiger partial charge < -0.3 is 4.57 Å². The van der Waals surface area contributed by atoms with E-state index >= 15 is 0 Å². The maximum atomic E-state index is 13.5. The van der Waals surface area contributed by atoms with Gasteiger partial charge in [-0.15, -0.1) is 0 Å². The molecule has 1 aromatic heterocycles. The van der Waals surface area contributed by atoms with Gasteiger partial charge in [-0.25, -0.2) is 17.8 Å². The molecule has 0 saturated carbocycles. The van der Waals surface area contributed by atoms with Crippen molar-refractivity contribution in [1.82, 2.24) is 9.55 Å². The lowest BCUT2D eigenvalue weighted by atomic mass is 10.2. The molecule has 0 aliphatic heterocycles. The zero-order valence-corrected chi connectivity index (χ0v) is 13.5. The molecule has 8 heteroatoms. The first-order chi connectivity index (χ1) is 9.81. The van der Waals surface area contributed by atoms with Crippen molar-refractivity contribution in [2.45, 2.75) is 31.3 Å². The molecule has 0 spiro atoms. The number of hydrogen-bond donors (Lipinski definition) is 0. The Hall–Kier alpha value is -1.11. The topological polar surface area (TPSA) is 52.0 Å². The molecule has 0 atom stereocenters. The van der Waals surface area contributed by atoms with Crippen LogP contribution in [0.1, 0.15) is 24.7 Å². The highest BCUT2D eigenvalue weighted by molar-refractivity contribution is 8.13. The number of halogens is 3. The number of benzene rings is 1. The molecule has 21 heavy (non-hydrogen) atoms. The second-order valence-corrected chi connectivity index (χ2v) is 7.48. The van der Waals surface area contributed by atoms with Crippen molar-refractivity contribution >= 4 is 31.3 Å². The van der Waals surface area contributed by atoms with Crippen molar-refractivity contribution in [2.75, 3.05) is 0 Å². The van der Waals surface area contributed by atoms with E-state index in [0.717, 1.165) is 6.42 Å². The highest BCUT2D eigenvalue weighted by Gasteiger charge is 2.17. The molecular weight excluding hydrogens is 338 g/mol. The van der Waals surface area contributed by atoms with Gasteiger partial charge in [0, 0.05) is 29.8 Å². The summed E-state index contributed by atoms with van der Waals surface area (Å²) in [6.45, 7) is 2.25. The van der Waals surface area contributed by atoms with Gasteiger partial charge in [0.15, 0.2) is 5.03 Å². The first kappa shape index (κ1) is 16.3. The van der Waals surface area contributed by atoms with Gasteiger partial charge in [0.1, 0.15) is 11.6 Å². The van der Waals surface area contributed by atoms with E-state index in [0.29, 0.717) is 24.4 Å². The largest absolute Gasteiger partial charge is 0.329 e. The number of aryl methyl sites for hydroxylation is 1. The second kappa shape index (κ2) is 6.34. The van der Waals surface area contributed by atoms with E-state index in [4.69, 9.17) is 22.3 Å². The van der Waals surface area contributed by atoms with Gasteiger partial charge in [0.25, 0.3) is 9.05 Å². The van der Waals surface area contributed by atoms with E-state index in [9.17, 15) is 12.8 Å². The molecule has 2 rings (SSSR count). The van der Waals surface area contributed by atoms with E-state index in [1.54, 1.807) is 10.6 Å². The highest BCUT2D eigenvalue weighted by atomic mass is 35.7. The van der Waals surface area contributed by atoms with Gasteiger partial charge >= 0.3 is 0 Å². The van der Waals surface area contributed by atoms with Gasteiger partial charge in [-0.05, 0) is 24.1 Å². The van der Waals surface area contributed by atoms with Crippen LogP contribution >= 0.6 is 22.3 Å². The Morgan fingerprint density at radius 3 is 2.67 bits per heavy atom. The van der Waals surface area contributed by atoms with E-state index < -0.39 is 14.9 Å². The number of imidazole rings is 1. The average molecular weight is 351 g/mol. The smallest absolute Gasteiger partial charge is 0.280 e. The molecular formula is C13H13Cl2FN2O2S. The fourth-order valence-corrected chi connectivity index (χ4v) is 2.75. The summed E-state index contributed by atoms with van der Waals surface area (Å²) in [5, 5.41) is -0.149. The summed E-state index contributed by atoms with van der Waals surface area (Å²) in [6, 6.07) is 4.45. The lowest BCUT2D eigenvalue weighted by molar-refractivity contribution is 0.606. The summed E-state index contributed by atoms with van der Waals surface area (Å²) in [5.41, 5.74) is 0.658. The van der Waals surface area contributed by atoms with Gasteiger partial charge in [0.2, 0.25) is 0 Å². The van der Waals surface area contributed by atoms with Crippen LogP contribution in [0.25, 0.3) is 0 Å². The van der Waals surface area contributed by atoms with Crippen LogP contribution in [0.15, 0.2) is 29.4 Å². The Labute approximate surface area is 131 Å². The highest BCUT2D eigenvalue weighted by Crippen LogP contribution is 2.19. The summed E-state index contributed by atoms with van der Waals surface area (Å²) in [5.74, 6) is 0.0728. The number of nitrogens with zero attached hydrogens (tertiary/aromatic N) is 2. The van der Waals surface area contributed by atoms with Crippen LogP contribution in [0.2, 0.25) is 5.02 Å². The van der Waals surface area contributed by atoms with Crippen molar-refractivity contribution in [3.05, 3.63) is 46.6 Å². The van der Waals surface area contributed by atoms with Crippen LogP contribution in [-0.2, 0) is 22.0 Å². The third-order valence-corrected chi connectivity index (χ3v) is 4.37. The minimum absolute atomic E-state index is 0.0437. The normalized spacial score (nSPS) is 11.8. The predicted octanol–water partition coefficient (Wildman–Crippen LogP) is 3.60. The van der Waals surface area contributed by atoms with Crippen molar-refractivity contribution in [1.29, 1.82) is 0 Å². The molecule has 0 N–H and O–H groups in total. The third kappa shape index (κ3) is 3.96. The van der Waals surface area contributed by atoms with Crippen molar-refractivity contribution in [2.24, 2.45) is 0 Å². The van der Waals surface area contributed by atoms with Crippen LogP contribution in [-0.4, -0.2) is 18.0 Å². The van der Waals surface area contributed by atoms with Gasteiger partial charge in [-0.3, -0.25) is 0 Å². The van der Waals surface area contributed by atoms with Gasteiger partial charge in [-0.1, -0.05) is 24.6 Å². The minimum Gasteiger partial charge on any atom is -0.329 e. The van der Waals surface area contributed by atoms with Crippen LogP contribution < -0.4 is 0 Å². The molecule has 0 unspecified atom stereocenters. The molecule has 0 fully saturated rings. The second-order valence-electron chi connectivity index (χ2n) is 4.56. The summed E-state index contributed by atoms with van der Waals surface area (Å²) in [6.07, 6.45) is 2.76. The minimum atomic E-state index is -3.88. The lowest BCUT2D eigenvalue weighted by Crippen LogP contribution is -2.04. The standard InChI is InChI=1S/C13H13Cl2FN2O2S/c1-2-3-12-17-13(21(15,19)20)8-18(12)7-9-4-5-10(14)11(16)6-9/h4-6,8H,2-3,7H2,1H3. The lowest BCUT2D eigenvalue weighted by Gasteiger charge is -2.07. The number of aromatic nitrogens is 2. The maximum absolute atomic E-state index is 13.5. The van der Waals surface area contributed by atoms with E-state index in [1.165, 1.54) is 18.3 Å². The van der Waals surface area contributed by atoms with Crippen LogP contribution in [0.5, 0.6) is 0 Å². The van der Waals surface area contributed by atoms with Crippen LogP contribution in [0.3, 0.4) is 0 Å². The quantitative estimate of drug-likeness (QED) is 0.774. The van der Waals surface area contributed by atoms with E-state index in [-0.39, 0.29) is 10.0 Å². The monoisotopic (exact) mass is 350 g/mol. The van der Waals surface area contributed by atoms with Gasteiger partial charge in [0.05, 0.1) is 5.02 Å². The maximum Gasteiger partial charge on any atom is 0.280 e. The van der Waals surface area contributed by atoms with Crippen molar-refractivity contribution < 1.29 is 12.8 Å². The van der Waals surface area contributed by atoms with E-state index in [2.05, 4.69) is 4.98 Å². The summed E-state index contributed by atoms with van der Waals surface area (Å²) < 4.78 is 37.8. The molecule has 1 aromatic carbocycles. The van der Waals surface area contributed by atoms with Crippen LogP contribution in [0.4, 0.5) is 4.39 Å². The molecule has 4 nitrogen and oxygen atoms in total. The Balaban J connectivity index is 2.37. The molecule has 0 radical (unpaired) electrons. The molecule has 0 saturated heterocycles. The number of rotatable bonds is 5. The first-order valence-corrected chi connectivity index (χ1v) is 8.94. The Morgan fingerprint density at radius 1 is 1.38 bits per heavy atom. The Bertz CT molecular complexity index is 760. The molecule has 114 valence electrons. The molecule has 0 aliphatic rings. The van der Waals surface area contributed by atoms with Crippen molar-refractivity contribution in [3.8, 4) is 0 Å². The Kier molecular flexibility index (Phi) is 4.91. The van der Waals surface area contributed by atoms with Crippen LogP contribution in [0, 0.1) is 5.82 Å². The van der Waals surface area contributed by atoms with E-state index in [1.807, 2.05) is 6.92 Å². The Morgan fingerprint density at radius 2 is 2.10 bits per heavy atom. The first-order valence-electron chi connectivity index (χ1n) is 6.26. The SMILES string of the molecule is CCCc1nc(S(=O)(=O)Cl)cn1Cc1ccc(Cl)c(F)c1. The fourth-order valence-electron chi connectivity index (χ4n) is 1.94. The third-order valence-electron chi connectivity index (χ3n) is 2.90. The fraction of sp³-hybridized carbons (Fsp3) is 0.308. The summed E-state index contributed by atoms with van der Waals surface area (Å²) >= 11 is 5.64. The molecule has 0 amide bonds. The average Bonchev–Trinajstić information content (AvgIpc) is 2.78. The molecule has 2 aromatic rings. The number of hydrogen-bond acceptors (Lipinski definition) is 3. The van der Waals surface area contributed by atoms with Crippen molar-refractivity contribution in [3.63, 3.8) is 0 Å². The predicted molar refractivity (Wildman–Crippen MR) is 79.8 cm³/mol. The molecule has 0 bridgehead atoms. The van der Waals surface area contributed by atoms with Gasteiger partial charge in [-0.2, -0.15) is 0 Å². The zero-order chi connectivity index (χ0) is 15.6. The molecule has 1 heterocycles. The summed E-state index contributed by atoms with van der Waals surface area (Å²) in [7, 11) is 1.43.